The van der Waals surface area contributed by atoms with E-state index >= 15 is 0 Å². The van der Waals surface area contributed by atoms with Crippen LogP contribution in [0.1, 0.15) is 53.8 Å². The highest BCUT2D eigenvalue weighted by molar-refractivity contribution is 5.98. The molecule has 0 aromatic carbocycles. The van der Waals surface area contributed by atoms with Crippen LogP contribution in [0.5, 0.6) is 0 Å². The number of hydrogen-bond donors (Lipinski definition) is 1. The smallest absolute Gasteiger partial charge is 0.259 e. The molecule has 1 aliphatic rings. The molecule has 0 saturated heterocycles. The van der Waals surface area contributed by atoms with Crippen LogP contribution in [0, 0.1) is 0 Å². The molecule has 0 spiro atoms. The number of aromatic nitrogens is 2. The summed E-state index contributed by atoms with van der Waals surface area (Å²) in [5.41, 5.74) is 7.33. The summed E-state index contributed by atoms with van der Waals surface area (Å²) in [6.45, 7) is 0.763. The minimum atomic E-state index is -0.130. The van der Waals surface area contributed by atoms with Crippen molar-refractivity contribution >= 4 is 11.7 Å². The van der Waals surface area contributed by atoms with Crippen molar-refractivity contribution in [2.24, 2.45) is 0 Å². The van der Waals surface area contributed by atoms with Gasteiger partial charge in [0.05, 0.1) is 12.5 Å². The second-order valence-corrected chi connectivity index (χ2v) is 6.37. The number of rotatable bonds is 6. The topological polar surface area (TPSA) is 94.5 Å². The zero-order valence-electron chi connectivity index (χ0n) is 14.5. The van der Waals surface area contributed by atoms with Gasteiger partial charge in [-0.25, -0.2) is 9.97 Å². The molecule has 1 amide bonds. The molecule has 0 unspecified atom stereocenters. The van der Waals surface area contributed by atoms with Gasteiger partial charge < -0.3 is 19.8 Å². The van der Waals surface area contributed by atoms with E-state index < -0.39 is 0 Å². The molecule has 134 valence electrons. The zero-order chi connectivity index (χ0) is 17.6. The fourth-order valence-corrected chi connectivity index (χ4v) is 3.29. The molecule has 1 saturated carbocycles. The summed E-state index contributed by atoms with van der Waals surface area (Å²) in [4.78, 5) is 23.4. The maximum Gasteiger partial charge on any atom is 0.259 e. The number of nitrogens with two attached hydrogens (primary N) is 1. The quantitative estimate of drug-likeness (QED) is 0.866. The lowest BCUT2D eigenvalue weighted by Crippen LogP contribution is -2.41. The van der Waals surface area contributed by atoms with Crippen molar-refractivity contribution in [3.8, 4) is 0 Å². The van der Waals surface area contributed by atoms with Gasteiger partial charge in [-0.15, -0.1) is 0 Å². The molecule has 7 nitrogen and oxygen atoms in total. The van der Waals surface area contributed by atoms with Gasteiger partial charge in [0.15, 0.2) is 5.82 Å². The maximum absolute atomic E-state index is 13.2. The van der Waals surface area contributed by atoms with E-state index in [0.717, 1.165) is 31.2 Å². The summed E-state index contributed by atoms with van der Waals surface area (Å²) in [6, 6.07) is 2.08. The molecule has 1 fully saturated rings. The van der Waals surface area contributed by atoms with E-state index in [1.54, 1.807) is 19.6 Å². The number of ether oxygens (including phenoxy) is 1. The van der Waals surface area contributed by atoms with Crippen LogP contribution in [-0.4, -0.2) is 33.9 Å². The first kappa shape index (κ1) is 17.4. The zero-order valence-corrected chi connectivity index (χ0v) is 14.5. The maximum atomic E-state index is 13.2. The summed E-state index contributed by atoms with van der Waals surface area (Å²) in [7, 11) is 1.56. The van der Waals surface area contributed by atoms with Gasteiger partial charge >= 0.3 is 0 Å². The normalized spacial score (nSPS) is 15.2. The first-order chi connectivity index (χ1) is 12.2. The fraction of sp³-hybridized carbons (Fsp3) is 0.500. The third kappa shape index (κ3) is 4.17. The number of nitrogen functional groups attached to an aromatic ring is 1. The summed E-state index contributed by atoms with van der Waals surface area (Å²) >= 11 is 0. The Bertz CT molecular complexity index is 696. The van der Waals surface area contributed by atoms with Gasteiger partial charge in [0.1, 0.15) is 18.0 Å². The van der Waals surface area contributed by atoms with Crippen LogP contribution < -0.4 is 5.73 Å². The average molecular weight is 344 g/mol. The summed E-state index contributed by atoms with van der Waals surface area (Å²) in [5, 5.41) is 0. The van der Waals surface area contributed by atoms with Crippen LogP contribution in [0.2, 0.25) is 0 Å². The molecule has 25 heavy (non-hydrogen) atoms. The van der Waals surface area contributed by atoms with Gasteiger partial charge in [0, 0.05) is 31.5 Å². The van der Waals surface area contributed by atoms with Gasteiger partial charge in [-0.2, -0.15) is 0 Å². The third-order valence-electron chi connectivity index (χ3n) is 4.58. The fourth-order valence-electron chi connectivity index (χ4n) is 3.29. The van der Waals surface area contributed by atoms with Crippen molar-refractivity contribution < 1.29 is 13.9 Å². The number of carbonyl (C=O) groups is 1. The molecule has 3 rings (SSSR count). The van der Waals surface area contributed by atoms with Crippen molar-refractivity contribution in [2.75, 3.05) is 12.8 Å². The average Bonchev–Trinajstić information content (AvgIpc) is 3.14. The third-order valence-corrected chi connectivity index (χ3v) is 4.58. The number of nitrogens with zero attached hydrogens (tertiary/aromatic N) is 3. The SMILES string of the molecule is COCc1ncc(C(=O)N(Cc2ccoc2)C2CCCCC2)c(N)n1. The molecular formula is C18H24N4O3. The van der Waals surface area contributed by atoms with Crippen molar-refractivity contribution in [1.29, 1.82) is 0 Å². The van der Waals surface area contributed by atoms with Gasteiger partial charge in [-0.05, 0) is 18.9 Å². The second-order valence-electron chi connectivity index (χ2n) is 6.37. The van der Waals surface area contributed by atoms with E-state index in [2.05, 4.69) is 9.97 Å². The molecule has 0 radical (unpaired) electrons. The number of methoxy groups -OCH3 is 1. The number of carbonyl (C=O) groups excluding carboxylic acids is 1. The molecule has 7 heteroatoms. The molecule has 0 aliphatic heterocycles. The lowest BCUT2D eigenvalue weighted by molar-refractivity contribution is 0.0614. The van der Waals surface area contributed by atoms with E-state index in [0.29, 0.717) is 17.9 Å². The van der Waals surface area contributed by atoms with E-state index in [4.69, 9.17) is 14.9 Å². The predicted octanol–water partition coefficient (Wildman–Crippen LogP) is 2.77. The molecular weight excluding hydrogens is 320 g/mol. The van der Waals surface area contributed by atoms with Crippen LogP contribution >= 0.6 is 0 Å². The van der Waals surface area contributed by atoms with Gasteiger partial charge in [0.2, 0.25) is 0 Å². The van der Waals surface area contributed by atoms with Gasteiger partial charge in [-0.1, -0.05) is 19.3 Å². The van der Waals surface area contributed by atoms with E-state index in [-0.39, 0.29) is 24.4 Å². The number of hydrogen-bond acceptors (Lipinski definition) is 6. The molecule has 2 aromatic rings. The molecule has 2 aromatic heterocycles. The molecule has 1 aliphatic carbocycles. The largest absolute Gasteiger partial charge is 0.472 e. The minimum absolute atomic E-state index is 0.130. The lowest BCUT2D eigenvalue weighted by atomic mass is 9.93. The van der Waals surface area contributed by atoms with Crippen molar-refractivity contribution in [2.45, 2.75) is 51.3 Å². The van der Waals surface area contributed by atoms with Crippen LogP contribution in [-0.2, 0) is 17.9 Å². The predicted molar refractivity (Wildman–Crippen MR) is 92.6 cm³/mol. The Morgan fingerprint density at radius 1 is 1.40 bits per heavy atom. The second kappa shape index (κ2) is 8.11. The van der Waals surface area contributed by atoms with E-state index in [1.807, 2.05) is 11.0 Å². The van der Waals surface area contributed by atoms with Crippen LogP contribution in [0.4, 0.5) is 5.82 Å². The van der Waals surface area contributed by atoms with E-state index in [1.165, 1.54) is 12.6 Å². The van der Waals surface area contributed by atoms with Gasteiger partial charge in [-0.3, -0.25) is 4.79 Å². The monoisotopic (exact) mass is 344 g/mol. The standard InChI is InChI=1S/C18H24N4O3/c1-24-12-16-20-9-15(17(19)21-16)18(23)22(10-13-7-8-25-11-13)14-5-3-2-4-6-14/h7-9,11,14H,2-6,10,12H2,1H3,(H2,19,20,21). The van der Waals surface area contributed by atoms with Crippen molar-refractivity contribution in [1.82, 2.24) is 14.9 Å². The van der Waals surface area contributed by atoms with Crippen molar-refractivity contribution in [3.05, 3.63) is 41.7 Å². The summed E-state index contributed by atoms with van der Waals surface area (Å²) in [5.74, 6) is 0.533. The Morgan fingerprint density at radius 3 is 2.84 bits per heavy atom. The first-order valence-electron chi connectivity index (χ1n) is 8.61. The van der Waals surface area contributed by atoms with Crippen LogP contribution in [0.25, 0.3) is 0 Å². The van der Waals surface area contributed by atoms with E-state index in [9.17, 15) is 4.79 Å². The first-order valence-corrected chi connectivity index (χ1v) is 8.61. The Balaban J connectivity index is 1.85. The Labute approximate surface area is 147 Å². The number of furan rings is 1. The van der Waals surface area contributed by atoms with Crippen LogP contribution in [0.3, 0.4) is 0 Å². The number of anilines is 1. The summed E-state index contributed by atoms with van der Waals surface area (Å²) in [6.07, 6.45) is 10.3. The Morgan fingerprint density at radius 2 is 2.20 bits per heavy atom. The highest BCUT2D eigenvalue weighted by Gasteiger charge is 2.28. The number of amides is 1. The minimum Gasteiger partial charge on any atom is -0.472 e. The molecule has 2 heterocycles. The Hall–Kier alpha value is -2.41. The Kier molecular flexibility index (Phi) is 5.65. The molecule has 0 atom stereocenters. The molecule has 2 N–H and O–H groups in total. The molecule has 0 bridgehead atoms. The highest BCUT2D eigenvalue weighted by atomic mass is 16.5. The van der Waals surface area contributed by atoms with Crippen LogP contribution in [0.15, 0.2) is 29.2 Å². The van der Waals surface area contributed by atoms with Gasteiger partial charge in [0.25, 0.3) is 5.91 Å². The van der Waals surface area contributed by atoms with Crippen molar-refractivity contribution in [3.63, 3.8) is 0 Å². The lowest BCUT2D eigenvalue weighted by Gasteiger charge is -2.34. The highest BCUT2D eigenvalue weighted by Crippen LogP contribution is 2.26. The summed E-state index contributed by atoms with van der Waals surface area (Å²) < 4.78 is 10.2.